The first-order chi connectivity index (χ1) is 6.54. The molecule has 0 heterocycles. The number of benzene rings is 1. The summed E-state index contributed by atoms with van der Waals surface area (Å²) in [5.41, 5.74) is 0.584. The standard InChI is InChI=1S/C8H6Br2ClNO2/c1-14-8(13)12-7-5(9)2-4(11)3-6(7)10/h2-3H,1H3,(H,12,13). The first kappa shape index (κ1) is 11.8. The van der Waals surface area contributed by atoms with E-state index in [1.807, 2.05) is 0 Å². The number of methoxy groups -OCH3 is 1. The number of rotatable bonds is 1. The minimum absolute atomic E-state index is 0.534. The lowest BCUT2D eigenvalue weighted by Gasteiger charge is -2.08. The van der Waals surface area contributed by atoms with Crippen LogP contribution in [0.2, 0.25) is 5.02 Å². The van der Waals surface area contributed by atoms with Crippen LogP contribution in [0.4, 0.5) is 10.5 Å². The van der Waals surface area contributed by atoms with Crippen LogP contribution in [0.3, 0.4) is 0 Å². The van der Waals surface area contributed by atoms with Gasteiger partial charge in [0, 0.05) is 14.0 Å². The molecule has 0 fully saturated rings. The second-order valence-electron chi connectivity index (χ2n) is 2.36. The Morgan fingerprint density at radius 2 is 1.93 bits per heavy atom. The lowest BCUT2D eigenvalue weighted by molar-refractivity contribution is 0.187. The van der Waals surface area contributed by atoms with Crippen molar-refractivity contribution in [3.8, 4) is 0 Å². The number of ether oxygens (including phenoxy) is 1. The van der Waals surface area contributed by atoms with Gasteiger partial charge in [-0.25, -0.2) is 4.79 Å². The number of hydrogen-bond acceptors (Lipinski definition) is 2. The molecule has 14 heavy (non-hydrogen) atoms. The van der Waals surface area contributed by atoms with Crippen LogP contribution < -0.4 is 5.32 Å². The van der Waals surface area contributed by atoms with E-state index in [1.54, 1.807) is 12.1 Å². The molecule has 0 aromatic heterocycles. The summed E-state index contributed by atoms with van der Waals surface area (Å²) in [6.07, 6.45) is -0.534. The molecule has 1 amide bonds. The number of anilines is 1. The highest BCUT2D eigenvalue weighted by molar-refractivity contribution is 9.11. The van der Waals surface area contributed by atoms with E-state index in [4.69, 9.17) is 11.6 Å². The molecule has 0 aliphatic heterocycles. The number of hydrogen-bond donors (Lipinski definition) is 1. The fraction of sp³-hybridized carbons (Fsp3) is 0.125. The first-order valence-corrected chi connectivity index (χ1v) is 5.50. The summed E-state index contributed by atoms with van der Waals surface area (Å²) in [5, 5.41) is 3.11. The summed E-state index contributed by atoms with van der Waals surface area (Å²) in [4.78, 5) is 11.0. The molecular formula is C8H6Br2ClNO2. The van der Waals surface area contributed by atoms with Gasteiger partial charge >= 0.3 is 6.09 Å². The summed E-state index contributed by atoms with van der Waals surface area (Å²) < 4.78 is 5.83. The Morgan fingerprint density at radius 1 is 1.43 bits per heavy atom. The lowest BCUT2D eigenvalue weighted by Crippen LogP contribution is -2.11. The topological polar surface area (TPSA) is 38.3 Å². The minimum atomic E-state index is -0.534. The normalized spacial score (nSPS) is 9.71. The maximum atomic E-state index is 11.0. The molecule has 0 spiro atoms. The third-order valence-corrected chi connectivity index (χ3v) is 2.89. The third kappa shape index (κ3) is 2.87. The molecule has 0 aliphatic rings. The SMILES string of the molecule is COC(=O)Nc1c(Br)cc(Cl)cc1Br. The molecule has 0 radical (unpaired) electrons. The molecular weight excluding hydrogens is 337 g/mol. The van der Waals surface area contributed by atoms with Crippen molar-refractivity contribution in [1.82, 2.24) is 0 Å². The fourth-order valence-corrected chi connectivity index (χ4v) is 2.68. The predicted octanol–water partition coefficient (Wildman–Crippen LogP) is 4.04. The monoisotopic (exact) mass is 341 g/mol. The minimum Gasteiger partial charge on any atom is -0.453 e. The quantitative estimate of drug-likeness (QED) is 0.836. The summed E-state index contributed by atoms with van der Waals surface area (Å²) in [5.74, 6) is 0. The Kier molecular flexibility index (Phi) is 4.22. The number of nitrogens with one attached hydrogen (secondary N) is 1. The van der Waals surface area contributed by atoms with E-state index in [9.17, 15) is 4.79 Å². The molecule has 0 bridgehead atoms. The molecule has 1 aromatic carbocycles. The van der Waals surface area contributed by atoms with Gasteiger partial charge < -0.3 is 4.74 Å². The molecule has 0 saturated carbocycles. The summed E-state index contributed by atoms with van der Waals surface area (Å²) >= 11 is 12.3. The molecule has 1 aromatic rings. The van der Waals surface area contributed by atoms with E-state index in [-0.39, 0.29) is 0 Å². The maximum absolute atomic E-state index is 11.0. The highest BCUT2D eigenvalue weighted by Crippen LogP contribution is 2.34. The van der Waals surface area contributed by atoms with Crippen LogP contribution in [0.1, 0.15) is 0 Å². The number of carbonyl (C=O) groups is 1. The van der Waals surface area contributed by atoms with Gasteiger partial charge in [0.25, 0.3) is 0 Å². The lowest BCUT2D eigenvalue weighted by atomic mass is 10.3. The van der Waals surface area contributed by atoms with Crippen LogP contribution in [0.25, 0.3) is 0 Å². The van der Waals surface area contributed by atoms with Crippen molar-refractivity contribution in [2.24, 2.45) is 0 Å². The van der Waals surface area contributed by atoms with Crippen molar-refractivity contribution >= 4 is 55.2 Å². The van der Waals surface area contributed by atoms with E-state index >= 15 is 0 Å². The molecule has 3 nitrogen and oxygen atoms in total. The van der Waals surface area contributed by atoms with Gasteiger partial charge in [0.1, 0.15) is 0 Å². The van der Waals surface area contributed by atoms with Crippen LogP contribution in [-0.4, -0.2) is 13.2 Å². The smallest absolute Gasteiger partial charge is 0.411 e. The Bertz CT molecular complexity index is 347. The Morgan fingerprint density at radius 3 is 2.36 bits per heavy atom. The molecule has 0 unspecified atom stereocenters. The van der Waals surface area contributed by atoms with Crippen molar-refractivity contribution < 1.29 is 9.53 Å². The Balaban J connectivity index is 3.02. The summed E-state index contributed by atoms with van der Waals surface area (Å²) in [6.45, 7) is 0. The van der Waals surface area contributed by atoms with E-state index in [0.29, 0.717) is 19.7 Å². The van der Waals surface area contributed by atoms with Crippen molar-refractivity contribution in [2.75, 3.05) is 12.4 Å². The number of amides is 1. The summed E-state index contributed by atoms with van der Waals surface area (Å²) in [6, 6.07) is 3.36. The second-order valence-corrected chi connectivity index (χ2v) is 4.51. The van der Waals surface area contributed by atoms with Gasteiger partial charge in [-0.05, 0) is 44.0 Å². The van der Waals surface area contributed by atoms with Gasteiger partial charge in [-0.15, -0.1) is 0 Å². The molecule has 1 rings (SSSR count). The first-order valence-electron chi connectivity index (χ1n) is 3.54. The van der Waals surface area contributed by atoms with Crippen LogP contribution in [0, 0.1) is 0 Å². The average molecular weight is 343 g/mol. The van der Waals surface area contributed by atoms with E-state index < -0.39 is 6.09 Å². The van der Waals surface area contributed by atoms with Gasteiger partial charge in [-0.1, -0.05) is 11.6 Å². The molecule has 0 aliphatic carbocycles. The summed E-state index contributed by atoms with van der Waals surface area (Å²) in [7, 11) is 1.30. The largest absolute Gasteiger partial charge is 0.453 e. The van der Waals surface area contributed by atoms with Crippen LogP contribution in [0.5, 0.6) is 0 Å². The number of halogens is 3. The third-order valence-electron chi connectivity index (χ3n) is 1.42. The fourth-order valence-electron chi connectivity index (χ4n) is 0.815. The van der Waals surface area contributed by atoms with Gasteiger partial charge in [0.05, 0.1) is 12.8 Å². The van der Waals surface area contributed by atoms with E-state index in [0.717, 1.165) is 0 Å². The molecule has 76 valence electrons. The van der Waals surface area contributed by atoms with E-state index in [1.165, 1.54) is 7.11 Å². The maximum Gasteiger partial charge on any atom is 0.411 e. The van der Waals surface area contributed by atoms with Crippen molar-refractivity contribution in [2.45, 2.75) is 0 Å². The van der Waals surface area contributed by atoms with Crippen molar-refractivity contribution in [3.05, 3.63) is 26.1 Å². The zero-order chi connectivity index (χ0) is 10.7. The second kappa shape index (κ2) is 5.00. The van der Waals surface area contributed by atoms with Crippen LogP contribution in [-0.2, 0) is 4.74 Å². The Labute approximate surface area is 103 Å². The van der Waals surface area contributed by atoms with Gasteiger partial charge in [0.2, 0.25) is 0 Å². The average Bonchev–Trinajstić information content (AvgIpc) is 2.10. The Hall–Kier alpha value is -0.260. The van der Waals surface area contributed by atoms with Crippen molar-refractivity contribution in [3.63, 3.8) is 0 Å². The highest BCUT2D eigenvalue weighted by Gasteiger charge is 2.09. The van der Waals surface area contributed by atoms with Gasteiger partial charge in [-0.3, -0.25) is 5.32 Å². The van der Waals surface area contributed by atoms with Crippen molar-refractivity contribution in [1.29, 1.82) is 0 Å². The van der Waals surface area contributed by atoms with Gasteiger partial charge in [-0.2, -0.15) is 0 Å². The zero-order valence-corrected chi connectivity index (χ0v) is 11.0. The molecule has 0 atom stereocenters. The van der Waals surface area contributed by atoms with E-state index in [2.05, 4.69) is 41.9 Å². The molecule has 6 heteroatoms. The van der Waals surface area contributed by atoms with Gasteiger partial charge in [0.15, 0.2) is 0 Å². The number of carbonyl (C=O) groups excluding carboxylic acids is 1. The zero-order valence-electron chi connectivity index (χ0n) is 7.11. The molecule has 0 saturated heterocycles. The van der Waals surface area contributed by atoms with Crippen LogP contribution in [0.15, 0.2) is 21.1 Å². The highest BCUT2D eigenvalue weighted by atomic mass is 79.9. The molecule has 1 N–H and O–H groups in total. The van der Waals surface area contributed by atoms with Crippen LogP contribution >= 0.6 is 43.5 Å². The predicted molar refractivity (Wildman–Crippen MR) is 62.9 cm³/mol.